The Morgan fingerprint density at radius 1 is 1.19 bits per heavy atom. The fraction of sp³-hybridized carbons (Fsp3) is 0.240. The second kappa shape index (κ2) is 10.2. The molecule has 0 saturated carbocycles. The molecule has 4 heterocycles. The van der Waals surface area contributed by atoms with Crippen LogP contribution in [0.15, 0.2) is 62.8 Å². The van der Waals surface area contributed by atoms with E-state index in [0.717, 1.165) is 27.5 Å². The van der Waals surface area contributed by atoms with E-state index in [4.69, 9.17) is 11.6 Å². The third-order valence-electron chi connectivity index (χ3n) is 6.52. The van der Waals surface area contributed by atoms with Crippen LogP contribution in [0.1, 0.15) is 33.3 Å². The van der Waals surface area contributed by atoms with E-state index in [9.17, 15) is 24.5 Å². The second-order valence-electron chi connectivity index (χ2n) is 9.01. The van der Waals surface area contributed by atoms with Gasteiger partial charge in [-0.3, -0.25) is 24.5 Å². The van der Waals surface area contributed by atoms with Crippen molar-refractivity contribution in [3.63, 3.8) is 0 Å². The van der Waals surface area contributed by atoms with Gasteiger partial charge in [-0.2, -0.15) is 0 Å². The highest BCUT2D eigenvalue weighted by molar-refractivity contribution is 9.10. The Hall–Kier alpha value is -3.28. The van der Waals surface area contributed by atoms with Crippen LogP contribution in [-0.4, -0.2) is 39.3 Å². The fourth-order valence-corrected chi connectivity index (χ4v) is 6.48. The number of rotatable bonds is 5. The molecule has 1 saturated heterocycles. The number of carbonyl (C=O) groups is 2. The monoisotopic (exact) mass is 602 g/mol. The number of thiophene rings is 1. The summed E-state index contributed by atoms with van der Waals surface area (Å²) in [5.41, 5.74) is 0.533. The number of nitro groups is 1. The lowest BCUT2D eigenvalue weighted by Gasteiger charge is -2.43. The molecule has 2 aliphatic heterocycles. The van der Waals surface area contributed by atoms with E-state index in [1.165, 1.54) is 23.5 Å². The number of piperidine rings is 1. The van der Waals surface area contributed by atoms with Crippen LogP contribution in [0, 0.1) is 16.0 Å². The van der Waals surface area contributed by atoms with Crippen molar-refractivity contribution in [3.8, 4) is 0 Å². The maximum absolute atomic E-state index is 13.8. The first-order valence-electron chi connectivity index (χ1n) is 11.4. The molecule has 0 aliphatic carbocycles. The molecule has 9 nitrogen and oxygen atoms in total. The molecular weight excluding hydrogens is 584 g/mol. The number of halogens is 2. The maximum Gasteiger partial charge on any atom is 0.288 e. The topological polar surface area (TPSA) is 115 Å². The Morgan fingerprint density at radius 2 is 2.00 bits per heavy atom. The number of nitrogens with one attached hydrogen (secondary N) is 1. The molecule has 37 heavy (non-hydrogen) atoms. The molecule has 1 N–H and O–H groups in total. The zero-order valence-electron chi connectivity index (χ0n) is 19.2. The van der Waals surface area contributed by atoms with E-state index in [2.05, 4.69) is 21.2 Å². The number of pyridine rings is 1. The summed E-state index contributed by atoms with van der Waals surface area (Å²) in [5, 5.41) is 15.7. The zero-order chi connectivity index (χ0) is 26.3. The van der Waals surface area contributed by atoms with Gasteiger partial charge in [-0.15, -0.1) is 11.3 Å². The summed E-state index contributed by atoms with van der Waals surface area (Å²) >= 11 is 10.7. The number of hydrogen-bond acceptors (Lipinski definition) is 6. The van der Waals surface area contributed by atoms with Crippen LogP contribution in [0.3, 0.4) is 0 Å². The minimum absolute atomic E-state index is 0.00553. The summed E-state index contributed by atoms with van der Waals surface area (Å²) in [7, 11) is 0. The van der Waals surface area contributed by atoms with Crippen LogP contribution in [0.4, 0.5) is 5.69 Å². The number of nitrogens with zero attached hydrogens (tertiary/aromatic N) is 3. The standard InChI is InChI=1S/C25H20BrClN4O5S/c26-17-8-18(37-13-17)9-20(28-24(33)15-4-5-19(27)22(7-15)31(35)36)25(34)29-10-14-6-16(12-29)21-2-1-3-23(32)30(21)11-14/h1-5,7-9,13-14,16H,6,10-12H2,(H,28,33)/b20-9-. The molecule has 2 bridgehead atoms. The highest BCUT2D eigenvalue weighted by Crippen LogP contribution is 2.35. The summed E-state index contributed by atoms with van der Waals surface area (Å²) in [6, 6.07) is 10.8. The van der Waals surface area contributed by atoms with Crippen molar-refractivity contribution in [2.24, 2.45) is 5.92 Å². The number of aromatic nitrogens is 1. The number of amides is 2. The maximum atomic E-state index is 13.8. The Labute approximate surface area is 228 Å². The molecule has 3 aromatic rings. The number of likely N-dealkylation sites (tertiary alicyclic amines) is 1. The predicted molar refractivity (Wildman–Crippen MR) is 144 cm³/mol. The van der Waals surface area contributed by atoms with Crippen molar-refractivity contribution < 1.29 is 14.5 Å². The van der Waals surface area contributed by atoms with Gasteiger partial charge in [0.05, 0.1) is 4.92 Å². The Bertz CT molecular complexity index is 1520. The Morgan fingerprint density at radius 3 is 2.73 bits per heavy atom. The van der Waals surface area contributed by atoms with Crippen molar-refractivity contribution in [3.05, 3.63) is 99.6 Å². The zero-order valence-corrected chi connectivity index (χ0v) is 22.4. The van der Waals surface area contributed by atoms with E-state index in [1.807, 2.05) is 17.5 Å². The highest BCUT2D eigenvalue weighted by Gasteiger charge is 2.37. The van der Waals surface area contributed by atoms with Gasteiger partial charge in [0, 0.05) is 63.7 Å². The minimum atomic E-state index is -0.667. The fourth-order valence-electron chi connectivity index (χ4n) is 4.92. The first kappa shape index (κ1) is 25.4. The van der Waals surface area contributed by atoms with Gasteiger partial charge in [0.15, 0.2) is 0 Å². The predicted octanol–water partition coefficient (Wildman–Crippen LogP) is 4.65. The van der Waals surface area contributed by atoms with Crippen molar-refractivity contribution in [2.75, 3.05) is 13.1 Å². The molecular formula is C25H20BrClN4O5S. The van der Waals surface area contributed by atoms with E-state index < -0.39 is 16.5 Å². The SMILES string of the molecule is O=C(N/C(=C\c1cc(Br)cs1)C(=O)N1CC2CC(C1)c1cccc(=O)n1C2)c1ccc(Cl)c([N+](=O)[O-])c1. The Kier molecular flexibility index (Phi) is 7.02. The van der Waals surface area contributed by atoms with Crippen molar-refractivity contribution in [2.45, 2.75) is 18.9 Å². The van der Waals surface area contributed by atoms with E-state index in [-0.39, 0.29) is 39.6 Å². The highest BCUT2D eigenvalue weighted by atomic mass is 79.9. The lowest BCUT2D eigenvalue weighted by molar-refractivity contribution is -0.384. The van der Waals surface area contributed by atoms with Gasteiger partial charge in [0.25, 0.3) is 23.1 Å². The van der Waals surface area contributed by atoms with Gasteiger partial charge in [-0.05, 0) is 58.6 Å². The average Bonchev–Trinajstić information content (AvgIpc) is 3.28. The van der Waals surface area contributed by atoms with Crippen LogP contribution in [0.25, 0.3) is 6.08 Å². The molecule has 2 aliphatic rings. The van der Waals surface area contributed by atoms with Gasteiger partial charge >= 0.3 is 0 Å². The molecule has 190 valence electrons. The van der Waals surface area contributed by atoms with Crippen molar-refractivity contribution in [1.82, 2.24) is 14.8 Å². The molecule has 2 atom stereocenters. The van der Waals surface area contributed by atoms with Crippen LogP contribution < -0.4 is 10.9 Å². The van der Waals surface area contributed by atoms with Crippen LogP contribution >= 0.6 is 38.9 Å². The number of nitro benzene ring substituents is 1. The number of hydrogen-bond donors (Lipinski definition) is 1. The van der Waals surface area contributed by atoms with Crippen LogP contribution in [0.2, 0.25) is 5.02 Å². The normalized spacial score (nSPS) is 18.8. The summed E-state index contributed by atoms with van der Waals surface area (Å²) < 4.78 is 2.63. The summed E-state index contributed by atoms with van der Waals surface area (Å²) in [6.07, 6.45) is 2.48. The van der Waals surface area contributed by atoms with Gasteiger partial charge in [0.1, 0.15) is 10.7 Å². The van der Waals surface area contributed by atoms with E-state index in [0.29, 0.717) is 19.6 Å². The van der Waals surface area contributed by atoms with Gasteiger partial charge < -0.3 is 14.8 Å². The molecule has 2 unspecified atom stereocenters. The molecule has 2 amide bonds. The van der Waals surface area contributed by atoms with Crippen molar-refractivity contribution in [1.29, 1.82) is 0 Å². The molecule has 2 aromatic heterocycles. The smallest absolute Gasteiger partial charge is 0.288 e. The third kappa shape index (κ3) is 5.25. The first-order valence-corrected chi connectivity index (χ1v) is 13.4. The molecule has 12 heteroatoms. The van der Waals surface area contributed by atoms with Crippen LogP contribution in [-0.2, 0) is 11.3 Å². The number of fused-ring (bicyclic) bond motifs is 4. The first-order chi connectivity index (χ1) is 17.7. The summed E-state index contributed by atoms with van der Waals surface area (Å²) in [6.45, 7) is 1.39. The lowest BCUT2D eigenvalue weighted by atomic mass is 9.83. The Balaban J connectivity index is 1.44. The lowest BCUT2D eigenvalue weighted by Crippen LogP contribution is -2.50. The quantitative estimate of drug-likeness (QED) is 0.259. The van der Waals surface area contributed by atoms with Crippen LogP contribution in [0.5, 0.6) is 0 Å². The van der Waals surface area contributed by atoms with E-state index >= 15 is 0 Å². The van der Waals surface area contributed by atoms with Gasteiger partial charge in [0.2, 0.25) is 0 Å². The molecule has 1 fully saturated rings. The summed E-state index contributed by atoms with van der Waals surface area (Å²) in [4.78, 5) is 52.2. The third-order valence-corrected chi connectivity index (χ3v) is 8.49. The van der Waals surface area contributed by atoms with Crippen molar-refractivity contribution >= 4 is 62.4 Å². The summed E-state index contributed by atoms with van der Waals surface area (Å²) in [5.74, 6) is -0.897. The largest absolute Gasteiger partial charge is 0.336 e. The molecule has 1 aromatic carbocycles. The second-order valence-corrected chi connectivity index (χ2v) is 11.3. The van der Waals surface area contributed by atoms with Gasteiger partial charge in [-0.1, -0.05) is 17.7 Å². The molecule has 5 rings (SSSR count). The number of benzene rings is 1. The molecule has 0 spiro atoms. The average molecular weight is 604 g/mol. The van der Waals surface area contributed by atoms with E-state index in [1.54, 1.807) is 27.7 Å². The molecule has 0 radical (unpaired) electrons. The minimum Gasteiger partial charge on any atom is -0.336 e. The number of carbonyl (C=O) groups excluding carboxylic acids is 2. The van der Waals surface area contributed by atoms with Gasteiger partial charge in [-0.25, -0.2) is 0 Å².